The molecule has 18 heavy (non-hydrogen) atoms. The van der Waals surface area contributed by atoms with Crippen molar-refractivity contribution in [1.29, 1.82) is 0 Å². The summed E-state index contributed by atoms with van der Waals surface area (Å²) in [6.45, 7) is 3.00. The number of nitrogens with zero attached hydrogens (tertiary/aromatic N) is 1. The van der Waals surface area contributed by atoms with Gasteiger partial charge in [-0.05, 0) is 36.6 Å². The van der Waals surface area contributed by atoms with Crippen molar-refractivity contribution in [2.24, 2.45) is 5.92 Å². The Hall–Kier alpha value is -1.16. The molecule has 3 nitrogen and oxygen atoms in total. The van der Waals surface area contributed by atoms with E-state index in [1.807, 2.05) is 32.2 Å². The molecule has 0 spiro atoms. The van der Waals surface area contributed by atoms with Gasteiger partial charge in [0.15, 0.2) is 0 Å². The molecule has 2 rings (SSSR count). The summed E-state index contributed by atoms with van der Waals surface area (Å²) < 4.78 is 0. The zero-order valence-electron chi connectivity index (χ0n) is 10.8. The van der Waals surface area contributed by atoms with Crippen molar-refractivity contribution in [2.75, 3.05) is 24.2 Å². The number of carboxylic acid groups (broad SMARTS) is 1. The molecule has 1 N–H and O–H groups in total. The highest BCUT2D eigenvalue weighted by Gasteiger charge is 2.25. The van der Waals surface area contributed by atoms with Crippen LogP contribution in [-0.4, -0.2) is 30.4 Å². The number of rotatable bonds is 6. The van der Waals surface area contributed by atoms with Crippen LogP contribution in [0.4, 0.5) is 5.69 Å². The minimum Gasteiger partial charge on any atom is -0.478 e. The van der Waals surface area contributed by atoms with Crippen LogP contribution in [0.25, 0.3) is 0 Å². The third-order valence-corrected chi connectivity index (χ3v) is 4.10. The van der Waals surface area contributed by atoms with Gasteiger partial charge in [0.25, 0.3) is 0 Å². The second-order valence-corrected chi connectivity index (χ2v) is 6.02. The first-order chi connectivity index (χ1) is 8.63. The number of benzene rings is 1. The summed E-state index contributed by atoms with van der Waals surface area (Å²) in [6, 6.07) is 5.75. The lowest BCUT2D eigenvalue weighted by molar-refractivity contribution is 0.0694. The zero-order chi connectivity index (χ0) is 13.1. The fraction of sp³-hybridized carbons (Fsp3) is 0.500. The molecule has 4 heteroatoms. The van der Waals surface area contributed by atoms with Crippen LogP contribution < -0.4 is 4.90 Å². The summed E-state index contributed by atoms with van der Waals surface area (Å²) >= 11 is 1.59. The lowest BCUT2D eigenvalue weighted by atomic mass is 10.1. The molecule has 0 unspecified atom stereocenters. The minimum atomic E-state index is -0.829. The molecule has 1 aromatic rings. The lowest BCUT2D eigenvalue weighted by Crippen LogP contribution is -2.22. The van der Waals surface area contributed by atoms with E-state index in [4.69, 9.17) is 0 Å². The summed E-state index contributed by atoms with van der Waals surface area (Å²) in [6.07, 6.45) is 2.55. The minimum absolute atomic E-state index is 0.451. The van der Waals surface area contributed by atoms with Crippen molar-refractivity contribution in [3.05, 3.63) is 23.8 Å². The van der Waals surface area contributed by atoms with Crippen molar-refractivity contribution >= 4 is 23.4 Å². The van der Waals surface area contributed by atoms with E-state index in [9.17, 15) is 9.90 Å². The van der Waals surface area contributed by atoms with E-state index in [0.29, 0.717) is 5.56 Å². The Morgan fingerprint density at radius 2 is 2.22 bits per heavy atom. The average Bonchev–Trinajstić information content (AvgIpc) is 3.12. The first kappa shape index (κ1) is 13.3. The van der Waals surface area contributed by atoms with E-state index < -0.39 is 5.97 Å². The molecule has 1 fully saturated rings. The SMILES string of the molecule is CCSc1cccc(N(C)CC2CC2)c1C(=O)O. The van der Waals surface area contributed by atoms with Crippen molar-refractivity contribution in [2.45, 2.75) is 24.7 Å². The molecular weight excluding hydrogens is 246 g/mol. The molecule has 1 aromatic carbocycles. The number of aromatic carboxylic acids is 1. The number of carbonyl (C=O) groups is 1. The van der Waals surface area contributed by atoms with Crippen LogP contribution in [0.5, 0.6) is 0 Å². The molecule has 0 bridgehead atoms. The third-order valence-electron chi connectivity index (χ3n) is 3.16. The maximum absolute atomic E-state index is 11.5. The predicted octanol–water partition coefficient (Wildman–Crippen LogP) is 3.34. The number of hydrogen-bond donors (Lipinski definition) is 1. The highest BCUT2D eigenvalue weighted by atomic mass is 32.2. The van der Waals surface area contributed by atoms with Crippen molar-refractivity contribution in [3.8, 4) is 0 Å². The fourth-order valence-corrected chi connectivity index (χ4v) is 2.94. The van der Waals surface area contributed by atoms with Crippen molar-refractivity contribution in [1.82, 2.24) is 0 Å². The smallest absolute Gasteiger partial charge is 0.338 e. The summed E-state index contributed by atoms with van der Waals surface area (Å²) in [7, 11) is 1.99. The van der Waals surface area contributed by atoms with Crippen LogP contribution in [-0.2, 0) is 0 Å². The van der Waals surface area contributed by atoms with Gasteiger partial charge in [-0.25, -0.2) is 4.79 Å². The highest BCUT2D eigenvalue weighted by molar-refractivity contribution is 7.99. The van der Waals surface area contributed by atoms with E-state index in [1.165, 1.54) is 12.8 Å². The number of thioether (sulfide) groups is 1. The molecule has 0 heterocycles. The molecule has 1 aliphatic carbocycles. The Balaban J connectivity index is 2.31. The summed E-state index contributed by atoms with van der Waals surface area (Å²) in [5.41, 5.74) is 1.29. The Morgan fingerprint density at radius 1 is 1.50 bits per heavy atom. The van der Waals surface area contributed by atoms with E-state index in [-0.39, 0.29) is 0 Å². The Morgan fingerprint density at radius 3 is 2.78 bits per heavy atom. The third kappa shape index (κ3) is 2.99. The normalized spacial score (nSPS) is 14.6. The Bertz CT molecular complexity index is 443. The predicted molar refractivity (Wildman–Crippen MR) is 75.8 cm³/mol. The van der Waals surface area contributed by atoms with Gasteiger partial charge in [0, 0.05) is 18.5 Å². The van der Waals surface area contributed by atoms with Gasteiger partial charge in [0.05, 0.1) is 11.3 Å². The van der Waals surface area contributed by atoms with Gasteiger partial charge in [-0.1, -0.05) is 13.0 Å². The number of carboxylic acids is 1. The van der Waals surface area contributed by atoms with Crippen LogP contribution in [0.1, 0.15) is 30.1 Å². The van der Waals surface area contributed by atoms with Gasteiger partial charge in [-0.3, -0.25) is 0 Å². The molecule has 0 aromatic heterocycles. The maximum atomic E-state index is 11.5. The summed E-state index contributed by atoms with van der Waals surface area (Å²) in [5.74, 6) is 0.805. The Labute approximate surface area is 112 Å². The standard InChI is InChI=1S/C14H19NO2S/c1-3-18-12-6-4-5-11(13(12)14(16)17)15(2)9-10-7-8-10/h4-6,10H,3,7-9H2,1-2H3,(H,16,17). The van der Waals surface area contributed by atoms with Crippen LogP contribution in [0.3, 0.4) is 0 Å². The van der Waals surface area contributed by atoms with Crippen molar-refractivity contribution < 1.29 is 9.90 Å². The van der Waals surface area contributed by atoms with Gasteiger partial charge < -0.3 is 10.0 Å². The van der Waals surface area contributed by atoms with E-state index in [1.54, 1.807) is 11.8 Å². The molecular formula is C14H19NO2S. The van der Waals surface area contributed by atoms with Gasteiger partial charge >= 0.3 is 5.97 Å². The van der Waals surface area contributed by atoms with Gasteiger partial charge in [-0.2, -0.15) is 0 Å². The Kier molecular flexibility index (Phi) is 4.17. The molecule has 98 valence electrons. The molecule has 0 atom stereocenters. The van der Waals surface area contributed by atoms with Gasteiger partial charge in [-0.15, -0.1) is 11.8 Å². The van der Waals surface area contributed by atoms with E-state index in [2.05, 4.69) is 4.90 Å². The molecule has 0 saturated heterocycles. The zero-order valence-corrected chi connectivity index (χ0v) is 11.7. The van der Waals surface area contributed by atoms with Gasteiger partial charge in [0.1, 0.15) is 0 Å². The lowest BCUT2D eigenvalue weighted by Gasteiger charge is -2.22. The molecule has 0 aliphatic heterocycles. The van der Waals surface area contributed by atoms with Gasteiger partial charge in [0.2, 0.25) is 0 Å². The first-order valence-corrected chi connectivity index (χ1v) is 7.32. The fourth-order valence-electron chi connectivity index (χ4n) is 2.11. The molecule has 1 aliphatic rings. The maximum Gasteiger partial charge on any atom is 0.338 e. The second kappa shape index (κ2) is 5.65. The first-order valence-electron chi connectivity index (χ1n) is 6.33. The second-order valence-electron chi connectivity index (χ2n) is 4.71. The highest BCUT2D eigenvalue weighted by Crippen LogP contribution is 2.34. The number of anilines is 1. The van der Waals surface area contributed by atoms with Crippen LogP contribution in [0.15, 0.2) is 23.1 Å². The average molecular weight is 265 g/mol. The topological polar surface area (TPSA) is 40.5 Å². The summed E-state index contributed by atoms with van der Waals surface area (Å²) in [4.78, 5) is 14.4. The molecule has 0 radical (unpaired) electrons. The summed E-state index contributed by atoms with van der Waals surface area (Å²) in [5, 5.41) is 9.43. The van der Waals surface area contributed by atoms with Crippen LogP contribution in [0, 0.1) is 5.92 Å². The van der Waals surface area contributed by atoms with Crippen LogP contribution in [0.2, 0.25) is 0 Å². The monoisotopic (exact) mass is 265 g/mol. The van der Waals surface area contributed by atoms with Crippen molar-refractivity contribution in [3.63, 3.8) is 0 Å². The quantitative estimate of drug-likeness (QED) is 0.801. The largest absolute Gasteiger partial charge is 0.478 e. The van der Waals surface area contributed by atoms with E-state index >= 15 is 0 Å². The molecule has 0 amide bonds. The molecule has 1 saturated carbocycles. The number of hydrogen-bond acceptors (Lipinski definition) is 3. The van der Waals surface area contributed by atoms with E-state index in [0.717, 1.165) is 28.8 Å². The van der Waals surface area contributed by atoms with Crippen LogP contribution >= 0.6 is 11.8 Å².